The molecular formula is C14H18N2O5S. The highest BCUT2D eigenvalue weighted by Crippen LogP contribution is 2.49. The van der Waals surface area contributed by atoms with Gasteiger partial charge in [0.05, 0.1) is 17.6 Å². The smallest absolute Gasteiger partial charge is 0.353 e. The predicted molar refractivity (Wildman–Crippen MR) is 80.2 cm³/mol. The van der Waals surface area contributed by atoms with Gasteiger partial charge in [0, 0.05) is 24.4 Å². The minimum atomic E-state index is -1.19. The monoisotopic (exact) mass is 326 g/mol. The van der Waals surface area contributed by atoms with E-state index in [0.29, 0.717) is 11.3 Å². The molecular weight excluding hydrogens is 308 g/mol. The average molecular weight is 326 g/mol. The topological polar surface area (TPSA) is 107 Å². The number of hydrogen-bond acceptors (Lipinski definition) is 5. The zero-order chi connectivity index (χ0) is 16.7. The van der Waals surface area contributed by atoms with Gasteiger partial charge < -0.3 is 20.4 Å². The van der Waals surface area contributed by atoms with Gasteiger partial charge in [0.15, 0.2) is 0 Å². The van der Waals surface area contributed by atoms with Crippen molar-refractivity contribution in [1.82, 2.24) is 10.2 Å². The molecule has 2 aliphatic rings. The third-order valence-electron chi connectivity index (χ3n) is 3.65. The molecule has 2 heterocycles. The molecule has 0 saturated carbocycles. The lowest BCUT2D eigenvalue weighted by atomic mass is 9.76. The number of thioether (sulfide) groups is 1. The van der Waals surface area contributed by atoms with Crippen molar-refractivity contribution in [2.75, 3.05) is 0 Å². The third-order valence-corrected chi connectivity index (χ3v) is 4.56. The molecule has 22 heavy (non-hydrogen) atoms. The van der Waals surface area contributed by atoms with E-state index in [9.17, 15) is 24.6 Å². The largest absolute Gasteiger partial charge is 0.477 e. The number of nitrogens with zero attached hydrogens (tertiary/aromatic N) is 1. The Kier molecular flexibility index (Phi) is 4.35. The number of carboxylic acid groups (broad SMARTS) is 1. The number of carboxylic acids is 1. The number of amides is 2. The molecule has 0 spiro atoms. The van der Waals surface area contributed by atoms with Gasteiger partial charge in [0.1, 0.15) is 5.70 Å². The van der Waals surface area contributed by atoms with Crippen LogP contribution in [0.2, 0.25) is 0 Å². The molecule has 3 N–H and O–H groups in total. The summed E-state index contributed by atoms with van der Waals surface area (Å²) >= 11 is 1.15. The number of carbonyl (C=O) groups is 3. The summed E-state index contributed by atoms with van der Waals surface area (Å²) in [5, 5.41) is 23.4. The molecule has 2 amide bonds. The molecule has 8 heteroatoms. The summed E-state index contributed by atoms with van der Waals surface area (Å²) in [5.41, 5.74) is -1.22. The molecule has 1 saturated heterocycles. The van der Waals surface area contributed by atoms with Crippen LogP contribution in [0, 0.1) is 5.92 Å². The van der Waals surface area contributed by atoms with Crippen LogP contribution >= 0.6 is 11.8 Å². The average Bonchev–Trinajstić information content (AvgIpc) is 2.67. The minimum Gasteiger partial charge on any atom is -0.477 e. The van der Waals surface area contributed by atoms with Gasteiger partial charge in [-0.1, -0.05) is 11.8 Å². The predicted octanol–water partition coefficient (Wildman–Crippen LogP) is 0.625. The van der Waals surface area contributed by atoms with E-state index >= 15 is 0 Å². The van der Waals surface area contributed by atoms with E-state index in [-0.39, 0.29) is 23.6 Å². The molecule has 2 rings (SSSR count). The van der Waals surface area contributed by atoms with Crippen LogP contribution in [-0.2, 0) is 14.4 Å². The highest BCUT2D eigenvalue weighted by molar-refractivity contribution is 8.05. The van der Waals surface area contributed by atoms with Crippen LogP contribution in [0.5, 0.6) is 0 Å². The molecule has 0 aromatic heterocycles. The van der Waals surface area contributed by atoms with E-state index in [1.54, 1.807) is 19.3 Å². The second kappa shape index (κ2) is 5.77. The Morgan fingerprint density at radius 1 is 1.45 bits per heavy atom. The van der Waals surface area contributed by atoms with Gasteiger partial charge in [0.25, 0.3) is 0 Å². The van der Waals surface area contributed by atoms with Crippen molar-refractivity contribution in [3.63, 3.8) is 0 Å². The van der Waals surface area contributed by atoms with Gasteiger partial charge >= 0.3 is 5.97 Å². The van der Waals surface area contributed by atoms with Crippen LogP contribution in [0.15, 0.2) is 22.2 Å². The van der Waals surface area contributed by atoms with Crippen molar-refractivity contribution in [2.45, 2.75) is 38.8 Å². The normalized spacial score (nSPS) is 24.5. The molecule has 120 valence electrons. The standard InChI is InChI=1S/C14H18N2O5S/c1-7(17)15-4-5-22-9-6-8-10(14(2,3)21)12(18)16(8)11(9)13(19)20/h4-5,8,10,21H,6H2,1-3H3,(H,15,17)(H,19,20)/b5-4-/t8-,10+/m1/s1. The van der Waals surface area contributed by atoms with E-state index in [2.05, 4.69) is 5.32 Å². The molecule has 1 fully saturated rings. The molecule has 0 aromatic carbocycles. The highest BCUT2D eigenvalue weighted by atomic mass is 32.2. The van der Waals surface area contributed by atoms with Crippen LogP contribution in [0.1, 0.15) is 27.2 Å². The van der Waals surface area contributed by atoms with Crippen molar-refractivity contribution in [3.05, 3.63) is 22.2 Å². The summed E-state index contributed by atoms with van der Waals surface area (Å²) in [5.74, 6) is -2.35. The molecule has 0 aromatic rings. The lowest BCUT2D eigenvalue weighted by Crippen LogP contribution is -2.65. The van der Waals surface area contributed by atoms with Crippen molar-refractivity contribution in [1.29, 1.82) is 0 Å². The summed E-state index contributed by atoms with van der Waals surface area (Å²) < 4.78 is 0. The maximum atomic E-state index is 12.2. The first-order valence-electron chi connectivity index (χ1n) is 6.75. The third kappa shape index (κ3) is 2.89. The van der Waals surface area contributed by atoms with Crippen LogP contribution in [0.3, 0.4) is 0 Å². The van der Waals surface area contributed by atoms with Crippen molar-refractivity contribution >= 4 is 29.5 Å². The van der Waals surface area contributed by atoms with Gasteiger partial charge in [-0.05, 0) is 19.3 Å². The van der Waals surface area contributed by atoms with Crippen LogP contribution < -0.4 is 5.32 Å². The summed E-state index contributed by atoms with van der Waals surface area (Å²) in [6.07, 6.45) is 1.81. The van der Waals surface area contributed by atoms with Gasteiger partial charge in [-0.25, -0.2) is 4.79 Å². The first-order valence-corrected chi connectivity index (χ1v) is 7.63. The van der Waals surface area contributed by atoms with E-state index in [0.717, 1.165) is 11.8 Å². The van der Waals surface area contributed by atoms with Crippen molar-refractivity contribution < 1.29 is 24.6 Å². The Balaban J connectivity index is 2.17. The number of aliphatic carboxylic acids is 1. The number of nitrogens with one attached hydrogen (secondary N) is 1. The Bertz CT molecular complexity index is 591. The Morgan fingerprint density at radius 3 is 2.59 bits per heavy atom. The highest BCUT2D eigenvalue weighted by Gasteiger charge is 2.59. The molecule has 0 bridgehead atoms. The van der Waals surface area contributed by atoms with Crippen molar-refractivity contribution in [2.24, 2.45) is 5.92 Å². The molecule has 0 unspecified atom stereocenters. The number of fused-ring (bicyclic) bond motifs is 1. The van der Waals surface area contributed by atoms with Crippen molar-refractivity contribution in [3.8, 4) is 0 Å². The molecule has 2 atom stereocenters. The quantitative estimate of drug-likeness (QED) is 0.640. The molecule has 0 radical (unpaired) electrons. The number of rotatable bonds is 5. The number of carbonyl (C=O) groups excluding carboxylic acids is 2. The fourth-order valence-corrected chi connectivity index (χ4v) is 3.68. The number of hydrogen-bond donors (Lipinski definition) is 3. The lowest BCUT2D eigenvalue weighted by molar-refractivity contribution is -0.169. The Hall–Kier alpha value is -1.80. The Labute approximate surface area is 132 Å². The zero-order valence-corrected chi connectivity index (χ0v) is 13.3. The van der Waals surface area contributed by atoms with Gasteiger partial charge in [0.2, 0.25) is 11.8 Å². The molecule has 0 aliphatic carbocycles. The van der Waals surface area contributed by atoms with E-state index in [1.807, 2.05) is 0 Å². The lowest BCUT2D eigenvalue weighted by Gasteiger charge is -2.48. The number of β-lactam (4-membered cyclic amide) rings is 1. The summed E-state index contributed by atoms with van der Waals surface area (Å²) in [6, 6.07) is -0.324. The van der Waals surface area contributed by atoms with Gasteiger partial charge in [-0.3, -0.25) is 9.59 Å². The van der Waals surface area contributed by atoms with E-state index < -0.39 is 17.5 Å². The van der Waals surface area contributed by atoms with E-state index in [4.69, 9.17) is 0 Å². The SMILES string of the molecule is CC(=O)N/C=C\SC1=C(C(=O)O)N2C(=O)[C@@H](C(C)(C)O)[C@H]2C1. The van der Waals surface area contributed by atoms with Gasteiger partial charge in [-0.15, -0.1) is 0 Å². The second-order valence-corrected chi connectivity index (χ2v) is 6.81. The summed E-state index contributed by atoms with van der Waals surface area (Å²) in [7, 11) is 0. The maximum absolute atomic E-state index is 12.2. The van der Waals surface area contributed by atoms with Crippen LogP contribution in [0.25, 0.3) is 0 Å². The molecule has 7 nitrogen and oxygen atoms in total. The first-order chi connectivity index (χ1) is 10.1. The van der Waals surface area contributed by atoms with Gasteiger partial charge in [-0.2, -0.15) is 0 Å². The first kappa shape index (κ1) is 16.6. The maximum Gasteiger partial charge on any atom is 0.353 e. The summed E-state index contributed by atoms with van der Waals surface area (Å²) in [6.45, 7) is 4.47. The van der Waals surface area contributed by atoms with Crippen LogP contribution in [-0.4, -0.2) is 44.5 Å². The Morgan fingerprint density at radius 2 is 2.09 bits per heavy atom. The van der Waals surface area contributed by atoms with Crippen LogP contribution in [0.4, 0.5) is 0 Å². The number of aliphatic hydroxyl groups is 1. The van der Waals surface area contributed by atoms with E-state index in [1.165, 1.54) is 18.0 Å². The fraction of sp³-hybridized carbons (Fsp3) is 0.500. The summed E-state index contributed by atoms with van der Waals surface area (Å²) in [4.78, 5) is 36.1. The second-order valence-electron chi connectivity index (χ2n) is 5.81. The molecule has 2 aliphatic heterocycles. The minimum absolute atomic E-state index is 0.0343. The fourth-order valence-electron chi connectivity index (χ4n) is 2.82. The zero-order valence-electron chi connectivity index (χ0n) is 12.5.